The fourth-order valence-corrected chi connectivity index (χ4v) is 4.52. The van der Waals surface area contributed by atoms with Crippen LogP contribution in [-0.4, -0.2) is 74.2 Å². The lowest BCUT2D eigenvalue weighted by atomic mass is 10.2. The third-order valence-corrected chi connectivity index (χ3v) is 6.98. The third-order valence-electron chi connectivity index (χ3n) is 4.65. The number of halogens is 4. The van der Waals surface area contributed by atoms with Crippen molar-refractivity contribution in [2.24, 2.45) is 0 Å². The summed E-state index contributed by atoms with van der Waals surface area (Å²) >= 11 is 7.51. The van der Waals surface area contributed by atoms with Crippen LogP contribution in [0.2, 0.25) is 5.02 Å². The number of aromatic nitrogens is 1. The maximum atomic E-state index is 12.9. The minimum atomic E-state index is -4.53. The second-order valence-corrected chi connectivity index (χ2v) is 10.1. The molecule has 1 saturated heterocycles. The van der Waals surface area contributed by atoms with Gasteiger partial charge in [-0.1, -0.05) is 11.6 Å². The Hall–Kier alpha value is -1.24. The Bertz CT molecular complexity index is 847. The number of anilines is 1. The molecule has 1 aliphatic rings. The standard InChI is InChI=1S/C17H24ClF3N4O3S2/c1-3-30(27,28)23-14(4-9-29-2)16(26)25-7-5-24(6-8-25)15-13(18)10-12(11-22-15)17(19,20)21/h10-11,14,23H,3-9H2,1-2H3. The quantitative estimate of drug-likeness (QED) is 0.605. The number of pyridine rings is 1. The summed E-state index contributed by atoms with van der Waals surface area (Å²) < 4.78 is 64.7. The minimum absolute atomic E-state index is 0.113. The average Bonchev–Trinajstić information content (AvgIpc) is 2.70. The van der Waals surface area contributed by atoms with Gasteiger partial charge >= 0.3 is 6.18 Å². The van der Waals surface area contributed by atoms with E-state index in [1.54, 1.807) is 9.80 Å². The molecule has 1 atom stereocenters. The first kappa shape index (κ1) is 25.0. The molecule has 30 heavy (non-hydrogen) atoms. The summed E-state index contributed by atoms with van der Waals surface area (Å²) in [6.07, 6.45) is -1.56. The first-order valence-corrected chi connectivity index (χ1v) is 12.7. The van der Waals surface area contributed by atoms with Gasteiger partial charge in [-0.2, -0.15) is 24.9 Å². The second-order valence-electron chi connectivity index (χ2n) is 6.69. The van der Waals surface area contributed by atoms with Crippen LogP contribution in [0, 0.1) is 0 Å². The SMILES string of the molecule is CCS(=O)(=O)NC(CCSC)C(=O)N1CCN(c2ncc(C(F)(F)F)cc2Cl)CC1. The Morgan fingerprint density at radius 3 is 2.47 bits per heavy atom. The Morgan fingerprint density at radius 2 is 1.97 bits per heavy atom. The van der Waals surface area contributed by atoms with E-state index in [-0.39, 0.29) is 35.6 Å². The summed E-state index contributed by atoms with van der Waals surface area (Å²) in [6.45, 7) is 2.69. The van der Waals surface area contributed by atoms with Gasteiger partial charge in [-0.3, -0.25) is 4.79 Å². The Kier molecular flexibility index (Phi) is 8.66. The van der Waals surface area contributed by atoms with Crippen LogP contribution in [0.1, 0.15) is 18.9 Å². The molecule has 170 valence electrons. The van der Waals surface area contributed by atoms with E-state index in [2.05, 4.69) is 9.71 Å². The van der Waals surface area contributed by atoms with Crippen molar-refractivity contribution in [2.75, 3.05) is 48.8 Å². The summed E-state index contributed by atoms with van der Waals surface area (Å²) in [7, 11) is -3.54. The van der Waals surface area contributed by atoms with Crippen LogP contribution in [0.15, 0.2) is 12.3 Å². The van der Waals surface area contributed by atoms with Crippen molar-refractivity contribution < 1.29 is 26.4 Å². The van der Waals surface area contributed by atoms with Gasteiger partial charge in [0.25, 0.3) is 0 Å². The lowest BCUT2D eigenvalue weighted by Crippen LogP contribution is -2.55. The molecule has 1 fully saturated rings. The molecule has 1 aromatic heterocycles. The maximum absolute atomic E-state index is 12.9. The summed E-state index contributed by atoms with van der Waals surface area (Å²) in [4.78, 5) is 20.0. The van der Waals surface area contributed by atoms with E-state index in [1.807, 2.05) is 6.26 Å². The fraction of sp³-hybridized carbons (Fsp3) is 0.647. The van der Waals surface area contributed by atoms with E-state index in [9.17, 15) is 26.4 Å². The van der Waals surface area contributed by atoms with Gasteiger partial charge in [0, 0.05) is 32.4 Å². The van der Waals surface area contributed by atoms with Gasteiger partial charge in [0.05, 0.1) is 16.3 Å². The number of nitrogens with one attached hydrogen (secondary N) is 1. The maximum Gasteiger partial charge on any atom is 0.417 e. The second kappa shape index (κ2) is 10.4. The summed E-state index contributed by atoms with van der Waals surface area (Å²) in [6, 6.07) is -0.0129. The van der Waals surface area contributed by atoms with E-state index in [0.29, 0.717) is 25.3 Å². The van der Waals surface area contributed by atoms with Crippen LogP contribution in [0.25, 0.3) is 0 Å². The minimum Gasteiger partial charge on any atom is -0.352 e. The van der Waals surface area contributed by atoms with Crippen molar-refractivity contribution in [3.05, 3.63) is 22.8 Å². The molecular formula is C17H24ClF3N4O3S2. The van der Waals surface area contributed by atoms with Gasteiger partial charge < -0.3 is 9.80 Å². The zero-order chi connectivity index (χ0) is 22.5. The van der Waals surface area contributed by atoms with Crippen molar-refractivity contribution in [2.45, 2.75) is 25.6 Å². The van der Waals surface area contributed by atoms with E-state index in [1.165, 1.54) is 18.7 Å². The number of thioether (sulfide) groups is 1. The highest BCUT2D eigenvalue weighted by Gasteiger charge is 2.33. The monoisotopic (exact) mass is 488 g/mol. The molecule has 0 aliphatic carbocycles. The van der Waals surface area contributed by atoms with Gasteiger partial charge in [-0.15, -0.1) is 0 Å². The third kappa shape index (κ3) is 6.63. The number of rotatable bonds is 8. The molecule has 0 bridgehead atoms. The van der Waals surface area contributed by atoms with Crippen LogP contribution in [-0.2, 0) is 21.0 Å². The molecule has 1 N–H and O–H groups in total. The number of nitrogens with zero attached hydrogens (tertiary/aromatic N) is 3. The number of hydrogen-bond acceptors (Lipinski definition) is 6. The molecule has 7 nitrogen and oxygen atoms in total. The Morgan fingerprint density at radius 1 is 1.33 bits per heavy atom. The fourth-order valence-electron chi connectivity index (χ4n) is 2.95. The predicted molar refractivity (Wildman–Crippen MR) is 112 cm³/mol. The zero-order valence-electron chi connectivity index (χ0n) is 16.6. The molecule has 1 amide bonds. The van der Waals surface area contributed by atoms with E-state index >= 15 is 0 Å². The first-order valence-electron chi connectivity index (χ1n) is 9.24. The molecule has 1 aliphatic heterocycles. The Labute approximate surface area is 183 Å². The summed E-state index contributed by atoms with van der Waals surface area (Å²) in [5.41, 5.74) is -0.926. The number of sulfonamides is 1. The molecular weight excluding hydrogens is 465 g/mol. The predicted octanol–water partition coefficient (Wildman–Crippen LogP) is 2.46. The number of amides is 1. The van der Waals surface area contributed by atoms with Crippen LogP contribution in [0.4, 0.5) is 19.0 Å². The topological polar surface area (TPSA) is 82.6 Å². The van der Waals surface area contributed by atoms with Crippen LogP contribution in [0.3, 0.4) is 0 Å². The lowest BCUT2D eigenvalue weighted by molar-refractivity contribution is -0.138. The number of piperazine rings is 1. The molecule has 2 heterocycles. The molecule has 2 rings (SSSR count). The Balaban J connectivity index is 2.05. The number of alkyl halides is 3. The smallest absolute Gasteiger partial charge is 0.352 e. The van der Waals surface area contributed by atoms with Crippen LogP contribution >= 0.6 is 23.4 Å². The molecule has 13 heteroatoms. The normalized spacial score (nSPS) is 16.6. The molecule has 1 aromatic rings. The molecule has 0 spiro atoms. The van der Waals surface area contributed by atoms with Gasteiger partial charge in [0.1, 0.15) is 11.9 Å². The van der Waals surface area contributed by atoms with Crippen molar-refractivity contribution in [1.29, 1.82) is 0 Å². The average molecular weight is 489 g/mol. The van der Waals surface area contributed by atoms with Crippen molar-refractivity contribution in [3.63, 3.8) is 0 Å². The highest BCUT2D eigenvalue weighted by Crippen LogP contribution is 2.33. The van der Waals surface area contributed by atoms with Gasteiger partial charge in [-0.05, 0) is 31.4 Å². The van der Waals surface area contributed by atoms with Crippen LogP contribution in [0.5, 0.6) is 0 Å². The number of carbonyl (C=O) groups excluding carboxylic acids is 1. The van der Waals surface area contributed by atoms with E-state index < -0.39 is 27.8 Å². The lowest BCUT2D eigenvalue weighted by Gasteiger charge is -2.37. The molecule has 1 unspecified atom stereocenters. The van der Waals surface area contributed by atoms with Crippen molar-refractivity contribution in [3.8, 4) is 0 Å². The summed E-state index contributed by atoms with van der Waals surface area (Å²) in [5, 5.41) is -0.113. The first-order chi connectivity index (χ1) is 14.0. The zero-order valence-corrected chi connectivity index (χ0v) is 19.0. The summed E-state index contributed by atoms with van der Waals surface area (Å²) in [5.74, 6) is 0.407. The van der Waals surface area contributed by atoms with E-state index in [0.717, 1.165) is 12.3 Å². The van der Waals surface area contributed by atoms with Crippen molar-refractivity contribution >= 4 is 45.1 Å². The largest absolute Gasteiger partial charge is 0.417 e. The van der Waals surface area contributed by atoms with Gasteiger partial charge in [-0.25, -0.2) is 18.1 Å². The van der Waals surface area contributed by atoms with Gasteiger partial charge in [0.15, 0.2) is 0 Å². The molecule has 0 radical (unpaired) electrons. The molecule has 0 saturated carbocycles. The van der Waals surface area contributed by atoms with Crippen molar-refractivity contribution in [1.82, 2.24) is 14.6 Å². The van der Waals surface area contributed by atoms with Crippen LogP contribution < -0.4 is 9.62 Å². The highest BCUT2D eigenvalue weighted by molar-refractivity contribution is 7.98. The number of carbonyl (C=O) groups is 1. The molecule has 0 aromatic carbocycles. The van der Waals surface area contributed by atoms with E-state index in [4.69, 9.17) is 11.6 Å². The van der Waals surface area contributed by atoms with Gasteiger partial charge in [0.2, 0.25) is 15.9 Å². The number of hydrogen-bond donors (Lipinski definition) is 1. The highest BCUT2D eigenvalue weighted by atomic mass is 35.5.